The minimum Gasteiger partial charge on any atom is -0.497 e. The van der Waals surface area contributed by atoms with Crippen LogP contribution in [0.1, 0.15) is 30.0 Å². The zero-order valence-electron chi connectivity index (χ0n) is 15.8. The topological polar surface area (TPSA) is 67.9 Å². The summed E-state index contributed by atoms with van der Waals surface area (Å²) in [7, 11) is 1.62. The number of benzene rings is 2. The first-order chi connectivity index (χ1) is 13.6. The van der Waals surface area contributed by atoms with Crippen LogP contribution in [0.4, 0.5) is 0 Å². The first-order valence-corrected chi connectivity index (χ1v) is 9.52. The van der Waals surface area contributed by atoms with E-state index in [1.54, 1.807) is 7.11 Å². The summed E-state index contributed by atoms with van der Waals surface area (Å²) >= 11 is 0. The molecule has 0 spiro atoms. The summed E-state index contributed by atoms with van der Waals surface area (Å²) in [6.07, 6.45) is 0. The molecular weight excluding hydrogens is 356 g/mol. The van der Waals surface area contributed by atoms with Gasteiger partial charge in [0.05, 0.1) is 26.3 Å². The van der Waals surface area contributed by atoms with Crippen LogP contribution in [0.5, 0.6) is 11.5 Å². The van der Waals surface area contributed by atoms with Crippen LogP contribution < -0.4 is 14.8 Å². The predicted octanol–water partition coefficient (Wildman–Crippen LogP) is 2.26. The van der Waals surface area contributed by atoms with E-state index >= 15 is 0 Å². The van der Waals surface area contributed by atoms with E-state index in [-0.39, 0.29) is 36.2 Å². The standard InChI is InChI=1S/C22H22N2O4/c1-22-19(13-6-4-3-5-7-13)16-12-28-17-10-14(27-2)8-9-15(17)20(16)24(22)18(25)11-23-21(22)26/h3-10,16,19-20H,11-12H2,1-2H3,(H,23,26)/t16-,19+,20+,22-/m1/s1. The van der Waals surface area contributed by atoms with Gasteiger partial charge in [0.1, 0.15) is 17.0 Å². The molecule has 0 bridgehead atoms. The Kier molecular flexibility index (Phi) is 3.66. The number of fused-ring (bicyclic) bond motifs is 5. The second-order valence-corrected chi connectivity index (χ2v) is 7.81. The van der Waals surface area contributed by atoms with Gasteiger partial charge in [0, 0.05) is 23.5 Å². The van der Waals surface area contributed by atoms with E-state index in [0.29, 0.717) is 12.4 Å². The fourth-order valence-corrected chi connectivity index (χ4v) is 5.30. The second kappa shape index (κ2) is 5.99. The summed E-state index contributed by atoms with van der Waals surface area (Å²) in [5.41, 5.74) is 1.02. The highest BCUT2D eigenvalue weighted by atomic mass is 16.5. The van der Waals surface area contributed by atoms with Crippen LogP contribution in [-0.2, 0) is 9.59 Å². The Labute approximate surface area is 163 Å². The lowest BCUT2D eigenvalue weighted by Gasteiger charge is -2.43. The Balaban J connectivity index is 1.71. The van der Waals surface area contributed by atoms with Crippen molar-refractivity contribution in [2.75, 3.05) is 20.3 Å². The second-order valence-electron chi connectivity index (χ2n) is 7.81. The third-order valence-corrected chi connectivity index (χ3v) is 6.48. The lowest BCUT2D eigenvalue weighted by atomic mass is 9.73. The number of rotatable bonds is 2. The molecule has 3 heterocycles. The highest BCUT2D eigenvalue weighted by Crippen LogP contribution is 2.59. The van der Waals surface area contributed by atoms with Crippen molar-refractivity contribution in [1.82, 2.24) is 10.2 Å². The molecule has 2 fully saturated rings. The summed E-state index contributed by atoms with van der Waals surface area (Å²) in [5.74, 6) is 1.10. The average Bonchev–Trinajstić information content (AvgIpc) is 3.01. The van der Waals surface area contributed by atoms with Crippen LogP contribution in [0.3, 0.4) is 0 Å². The summed E-state index contributed by atoms with van der Waals surface area (Å²) in [4.78, 5) is 28.0. The Morgan fingerprint density at radius 2 is 1.96 bits per heavy atom. The quantitative estimate of drug-likeness (QED) is 0.871. The van der Waals surface area contributed by atoms with Crippen LogP contribution in [0, 0.1) is 5.92 Å². The fraction of sp³-hybridized carbons (Fsp3) is 0.364. The largest absolute Gasteiger partial charge is 0.497 e. The number of ether oxygens (including phenoxy) is 2. The van der Waals surface area contributed by atoms with E-state index in [4.69, 9.17) is 9.47 Å². The zero-order chi connectivity index (χ0) is 19.5. The molecule has 0 radical (unpaired) electrons. The van der Waals surface area contributed by atoms with Crippen LogP contribution in [-0.4, -0.2) is 42.5 Å². The Hall–Kier alpha value is -3.02. The number of carbonyl (C=O) groups excluding carboxylic acids is 2. The normalized spacial score (nSPS) is 30.6. The minimum atomic E-state index is -0.961. The molecule has 144 valence electrons. The van der Waals surface area contributed by atoms with Gasteiger partial charge in [-0.3, -0.25) is 9.59 Å². The van der Waals surface area contributed by atoms with Crippen molar-refractivity contribution in [3.05, 3.63) is 59.7 Å². The Morgan fingerprint density at radius 1 is 1.18 bits per heavy atom. The highest BCUT2D eigenvalue weighted by Gasteiger charge is 2.65. The average molecular weight is 378 g/mol. The first-order valence-electron chi connectivity index (χ1n) is 9.52. The number of amides is 2. The van der Waals surface area contributed by atoms with Crippen LogP contribution in [0.2, 0.25) is 0 Å². The summed E-state index contributed by atoms with van der Waals surface area (Å²) in [6.45, 7) is 2.36. The monoisotopic (exact) mass is 378 g/mol. The van der Waals surface area contributed by atoms with Gasteiger partial charge in [0.2, 0.25) is 11.8 Å². The molecule has 2 aromatic rings. The van der Waals surface area contributed by atoms with Gasteiger partial charge in [-0.2, -0.15) is 0 Å². The van der Waals surface area contributed by atoms with Crippen LogP contribution in [0.25, 0.3) is 0 Å². The number of piperazine rings is 1. The van der Waals surface area contributed by atoms with E-state index in [9.17, 15) is 9.59 Å². The van der Waals surface area contributed by atoms with Crippen molar-refractivity contribution in [2.45, 2.75) is 24.4 Å². The Morgan fingerprint density at radius 3 is 2.71 bits per heavy atom. The van der Waals surface area contributed by atoms with Crippen molar-refractivity contribution >= 4 is 11.8 Å². The summed E-state index contributed by atoms with van der Waals surface area (Å²) in [6, 6.07) is 15.5. The maximum atomic E-state index is 13.1. The molecule has 6 nitrogen and oxygen atoms in total. The molecule has 3 aliphatic rings. The van der Waals surface area contributed by atoms with Crippen molar-refractivity contribution < 1.29 is 19.1 Å². The lowest BCUT2D eigenvalue weighted by Crippen LogP contribution is -2.64. The molecule has 0 saturated carbocycles. The van der Waals surface area contributed by atoms with E-state index in [1.165, 1.54) is 0 Å². The first kappa shape index (κ1) is 17.1. The van der Waals surface area contributed by atoms with Crippen molar-refractivity contribution in [3.63, 3.8) is 0 Å². The van der Waals surface area contributed by atoms with Crippen LogP contribution in [0.15, 0.2) is 48.5 Å². The molecule has 0 aromatic heterocycles. The van der Waals surface area contributed by atoms with Gasteiger partial charge in [0.15, 0.2) is 0 Å². The third kappa shape index (κ3) is 2.14. The van der Waals surface area contributed by atoms with Crippen LogP contribution >= 0.6 is 0 Å². The molecule has 2 saturated heterocycles. The molecule has 5 rings (SSSR count). The van der Waals surface area contributed by atoms with Crippen molar-refractivity contribution in [2.24, 2.45) is 5.92 Å². The third-order valence-electron chi connectivity index (χ3n) is 6.48. The molecule has 6 heteroatoms. The molecule has 0 unspecified atom stereocenters. The van der Waals surface area contributed by atoms with Gasteiger partial charge < -0.3 is 19.7 Å². The molecular formula is C22H22N2O4. The molecule has 2 aromatic carbocycles. The van der Waals surface area contributed by atoms with Gasteiger partial charge in [0.25, 0.3) is 0 Å². The number of hydrogen-bond donors (Lipinski definition) is 1. The summed E-state index contributed by atoms with van der Waals surface area (Å²) < 4.78 is 11.4. The molecule has 4 atom stereocenters. The predicted molar refractivity (Wildman–Crippen MR) is 102 cm³/mol. The molecule has 3 aliphatic heterocycles. The number of nitrogens with zero attached hydrogens (tertiary/aromatic N) is 1. The van der Waals surface area contributed by atoms with Gasteiger partial charge in [-0.05, 0) is 24.6 Å². The highest BCUT2D eigenvalue weighted by molar-refractivity contribution is 5.99. The number of hydrogen-bond acceptors (Lipinski definition) is 4. The van der Waals surface area contributed by atoms with E-state index in [0.717, 1.165) is 16.9 Å². The van der Waals surface area contributed by atoms with E-state index in [2.05, 4.69) is 5.32 Å². The fourth-order valence-electron chi connectivity index (χ4n) is 5.30. The number of carbonyl (C=O) groups is 2. The smallest absolute Gasteiger partial charge is 0.246 e. The molecule has 1 N–H and O–H groups in total. The zero-order valence-corrected chi connectivity index (χ0v) is 15.8. The van der Waals surface area contributed by atoms with Gasteiger partial charge in [-0.25, -0.2) is 0 Å². The number of nitrogens with one attached hydrogen (secondary N) is 1. The molecule has 0 aliphatic carbocycles. The molecule has 28 heavy (non-hydrogen) atoms. The maximum absolute atomic E-state index is 13.1. The number of methoxy groups -OCH3 is 1. The minimum absolute atomic E-state index is 0.0129. The Bertz CT molecular complexity index is 960. The van der Waals surface area contributed by atoms with Crippen molar-refractivity contribution in [3.8, 4) is 11.5 Å². The lowest BCUT2D eigenvalue weighted by molar-refractivity contribution is -0.152. The SMILES string of the molecule is COc1ccc2c(c1)OC[C@H]1[C@H]2N2C(=O)CNC(=O)[C@@]2(C)[C@H]1c1ccccc1. The van der Waals surface area contributed by atoms with Gasteiger partial charge in [-0.1, -0.05) is 30.3 Å². The van der Waals surface area contributed by atoms with Gasteiger partial charge >= 0.3 is 0 Å². The van der Waals surface area contributed by atoms with E-state index in [1.807, 2.05) is 60.4 Å². The van der Waals surface area contributed by atoms with Gasteiger partial charge in [-0.15, -0.1) is 0 Å². The maximum Gasteiger partial charge on any atom is 0.246 e. The summed E-state index contributed by atoms with van der Waals surface area (Å²) in [5, 5.41) is 2.80. The molecule has 2 amide bonds. The van der Waals surface area contributed by atoms with Crippen molar-refractivity contribution in [1.29, 1.82) is 0 Å². The van der Waals surface area contributed by atoms with E-state index < -0.39 is 5.54 Å².